The van der Waals surface area contributed by atoms with Gasteiger partial charge in [-0.25, -0.2) is 0 Å². The van der Waals surface area contributed by atoms with Gasteiger partial charge in [0.25, 0.3) is 0 Å². The van der Waals surface area contributed by atoms with Gasteiger partial charge in [-0.15, -0.1) is 0 Å². The zero-order valence-electron chi connectivity index (χ0n) is 8.23. The van der Waals surface area contributed by atoms with Crippen molar-refractivity contribution in [1.82, 2.24) is 0 Å². The number of allylic oxidation sites excluding steroid dienone is 2. The van der Waals surface area contributed by atoms with Crippen LogP contribution in [0.15, 0.2) is 36.4 Å². The number of carboxylic acids is 1. The number of benzene rings is 1. The Morgan fingerprint density at radius 2 is 2.00 bits per heavy atom. The van der Waals surface area contributed by atoms with Crippen LogP contribution in [0.4, 0.5) is 0 Å². The first kappa shape index (κ1) is 10.5. The third kappa shape index (κ3) is 3.44. The van der Waals surface area contributed by atoms with Crippen LogP contribution in [0.3, 0.4) is 0 Å². The van der Waals surface area contributed by atoms with E-state index in [1.807, 2.05) is 43.3 Å². The molecule has 0 fully saturated rings. The second-order valence-corrected chi connectivity index (χ2v) is 3.19. The molecule has 0 aliphatic carbocycles. The number of aliphatic carboxylic acids is 1. The van der Waals surface area contributed by atoms with Gasteiger partial charge in [0.15, 0.2) is 0 Å². The molecule has 0 unspecified atom stereocenters. The van der Waals surface area contributed by atoms with Gasteiger partial charge in [0.2, 0.25) is 0 Å². The van der Waals surface area contributed by atoms with E-state index in [-0.39, 0.29) is 6.42 Å². The number of hydrogen-bond acceptors (Lipinski definition) is 1. The highest BCUT2D eigenvalue weighted by Gasteiger charge is 1.96. The molecule has 0 spiro atoms. The summed E-state index contributed by atoms with van der Waals surface area (Å²) >= 11 is 0. The summed E-state index contributed by atoms with van der Waals surface area (Å²) in [6.07, 6.45) is 2.75. The molecule has 1 aromatic rings. The molecule has 0 heterocycles. The standard InChI is InChI=1S/C12H14O2/c1-10(6-5-9-12(13)14)11-7-3-2-4-8-11/h2-4,6-8H,5,9H2,1H3,(H,13,14)/b10-6-. The van der Waals surface area contributed by atoms with E-state index in [2.05, 4.69) is 0 Å². The molecular weight excluding hydrogens is 176 g/mol. The van der Waals surface area contributed by atoms with Crippen molar-refractivity contribution < 1.29 is 9.90 Å². The van der Waals surface area contributed by atoms with E-state index in [1.54, 1.807) is 0 Å². The van der Waals surface area contributed by atoms with Crippen molar-refractivity contribution in [3.63, 3.8) is 0 Å². The lowest BCUT2D eigenvalue weighted by Crippen LogP contribution is -1.92. The first-order chi connectivity index (χ1) is 6.70. The average molecular weight is 190 g/mol. The first-order valence-electron chi connectivity index (χ1n) is 4.64. The predicted molar refractivity (Wildman–Crippen MR) is 57.0 cm³/mol. The van der Waals surface area contributed by atoms with Crippen LogP contribution in [0.25, 0.3) is 5.57 Å². The van der Waals surface area contributed by atoms with Gasteiger partial charge in [0, 0.05) is 6.42 Å². The lowest BCUT2D eigenvalue weighted by atomic mass is 10.1. The fraction of sp³-hybridized carbons (Fsp3) is 0.250. The van der Waals surface area contributed by atoms with E-state index in [0.29, 0.717) is 6.42 Å². The highest BCUT2D eigenvalue weighted by atomic mass is 16.4. The third-order valence-corrected chi connectivity index (χ3v) is 2.04. The van der Waals surface area contributed by atoms with Crippen LogP contribution in [0.1, 0.15) is 25.3 Å². The van der Waals surface area contributed by atoms with Crippen LogP contribution in [0.2, 0.25) is 0 Å². The molecule has 2 heteroatoms. The van der Waals surface area contributed by atoms with Crippen molar-refractivity contribution >= 4 is 11.5 Å². The summed E-state index contributed by atoms with van der Waals surface area (Å²) in [5.41, 5.74) is 2.28. The van der Waals surface area contributed by atoms with Crippen LogP contribution in [-0.4, -0.2) is 11.1 Å². The number of hydrogen-bond donors (Lipinski definition) is 1. The van der Waals surface area contributed by atoms with Crippen molar-refractivity contribution in [2.75, 3.05) is 0 Å². The molecule has 0 aromatic heterocycles. The van der Waals surface area contributed by atoms with Gasteiger partial charge in [-0.05, 0) is 24.5 Å². The van der Waals surface area contributed by atoms with E-state index in [9.17, 15) is 4.79 Å². The van der Waals surface area contributed by atoms with E-state index in [4.69, 9.17) is 5.11 Å². The van der Waals surface area contributed by atoms with E-state index in [0.717, 1.165) is 11.1 Å². The van der Waals surface area contributed by atoms with Gasteiger partial charge in [-0.3, -0.25) is 4.79 Å². The fourth-order valence-corrected chi connectivity index (χ4v) is 1.23. The van der Waals surface area contributed by atoms with Crippen molar-refractivity contribution in [2.24, 2.45) is 0 Å². The quantitative estimate of drug-likeness (QED) is 0.792. The van der Waals surface area contributed by atoms with E-state index < -0.39 is 5.97 Å². The SMILES string of the molecule is C/C(=C/CCC(=O)O)c1ccccc1. The van der Waals surface area contributed by atoms with Crippen LogP contribution < -0.4 is 0 Å². The van der Waals surface area contributed by atoms with Crippen LogP contribution in [0, 0.1) is 0 Å². The lowest BCUT2D eigenvalue weighted by Gasteiger charge is -1.99. The Morgan fingerprint density at radius 3 is 2.57 bits per heavy atom. The summed E-state index contributed by atoms with van der Waals surface area (Å²) in [5, 5.41) is 8.47. The van der Waals surface area contributed by atoms with Crippen molar-refractivity contribution in [1.29, 1.82) is 0 Å². The van der Waals surface area contributed by atoms with E-state index >= 15 is 0 Å². The average Bonchev–Trinajstić information content (AvgIpc) is 2.18. The summed E-state index contributed by atoms with van der Waals surface area (Å²) in [5.74, 6) is -0.748. The number of carbonyl (C=O) groups is 1. The maximum atomic E-state index is 10.3. The molecule has 14 heavy (non-hydrogen) atoms. The largest absolute Gasteiger partial charge is 0.481 e. The fourth-order valence-electron chi connectivity index (χ4n) is 1.23. The second kappa shape index (κ2) is 5.22. The van der Waals surface area contributed by atoms with Gasteiger partial charge in [0.05, 0.1) is 0 Å². The van der Waals surface area contributed by atoms with E-state index in [1.165, 1.54) is 0 Å². The highest BCUT2D eigenvalue weighted by molar-refractivity contribution is 5.68. The molecule has 1 rings (SSSR count). The summed E-state index contributed by atoms with van der Waals surface area (Å²) in [7, 11) is 0. The normalized spacial score (nSPS) is 11.4. The van der Waals surface area contributed by atoms with Crippen molar-refractivity contribution in [3.05, 3.63) is 42.0 Å². The third-order valence-electron chi connectivity index (χ3n) is 2.04. The Hall–Kier alpha value is -1.57. The lowest BCUT2D eigenvalue weighted by molar-refractivity contribution is -0.136. The number of rotatable bonds is 4. The Morgan fingerprint density at radius 1 is 1.36 bits per heavy atom. The van der Waals surface area contributed by atoms with Gasteiger partial charge in [-0.1, -0.05) is 36.4 Å². The maximum absolute atomic E-state index is 10.3. The van der Waals surface area contributed by atoms with Gasteiger partial charge < -0.3 is 5.11 Å². The highest BCUT2D eigenvalue weighted by Crippen LogP contribution is 2.13. The molecule has 0 aliphatic rings. The molecule has 0 atom stereocenters. The molecule has 1 N–H and O–H groups in total. The molecule has 74 valence electrons. The minimum Gasteiger partial charge on any atom is -0.481 e. The van der Waals surface area contributed by atoms with Gasteiger partial charge in [-0.2, -0.15) is 0 Å². The van der Waals surface area contributed by atoms with Crippen molar-refractivity contribution in [2.45, 2.75) is 19.8 Å². The molecule has 0 saturated heterocycles. The second-order valence-electron chi connectivity index (χ2n) is 3.19. The summed E-state index contributed by atoms with van der Waals surface area (Å²) in [6, 6.07) is 9.96. The molecule has 0 amide bonds. The zero-order chi connectivity index (χ0) is 10.4. The minimum absolute atomic E-state index is 0.199. The maximum Gasteiger partial charge on any atom is 0.303 e. The smallest absolute Gasteiger partial charge is 0.303 e. The van der Waals surface area contributed by atoms with Gasteiger partial charge in [0.1, 0.15) is 0 Å². The zero-order valence-corrected chi connectivity index (χ0v) is 8.23. The molecule has 0 bridgehead atoms. The molecule has 0 saturated carbocycles. The predicted octanol–water partition coefficient (Wildman–Crippen LogP) is 2.95. The first-order valence-corrected chi connectivity index (χ1v) is 4.64. The van der Waals surface area contributed by atoms with Crippen LogP contribution >= 0.6 is 0 Å². The Labute approximate surface area is 83.9 Å². The van der Waals surface area contributed by atoms with Gasteiger partial charge >= 0.3 is 5.97 Å². The number of carboxylic acid groups (broad SMARTS) is 1. The Balaban J connectivity index is 2.57. The minimum atomic E-state index is -0.748. The monoisotopic (exact) mass is 190 g/mol. The molecule has 1 aromatic carbocycles. The molecule has 0 radical (unpaired) electrons. The molecule has 0 aliphatic heterocycles. The summed E-state index contributed by atoms with van der Waals surface area (Å²) < 4.78 is 0. The Kier molecular flexibility index (Phi) is 3.92. The topological polar surface area (TPSA) is 37.3 Å². The summed E-state index contributed by atoms with van der Waals surface area (Å²) in [4.78, 5) is 10.3. The summed E-state index contributed by atoms with van der Waals surface area (Å²) in [6.45, 7) is 2.00. The van der Waals surface area contributed by atoms with Crippen LogP contribution in [0.5, 0.6) is 0 Å². The molecular formula is C12H14O2. The van der Waals surface area contributed by atoms with Crippen LogP contribution in [-0.2, 0) is 4.79 Å². The Bertz CT molecular complexity index is 325. The van der Waals surface area contributed by atoms with Crippen molar-refractivity contribution in [3.8, 4) is 0 Å². The molecule has 2 nitrogen and oxygen atoms in total.